The fraction of sp³-hybridized carbons (Fsp3) is 0.667. The molecule has 118 valence electrons. The molecule has 0 fully saturated rings. The Morgan fingerprint density at radius 3 is 2.76 bits per heavy atom. The van der Waals surface area contributed by atoms with Gasteiger partial charge >= 0.3 is 0 Å². The van der Waals surface area contributed by atoms with Crippen molar-refractivity contribution in [2.45, 2.75) is 64.5 Å². The van der Waals surface area contributed by atoms with E-state index in [1.807, 2.05) is 12.1 Å². The van der Waals surface area contributed by atoms with Gasteiger partial charge in [-0.25, -0.2) is 0 Å². The highest BCUT2D eigenvalue weighted by molar-refractivity contribution is 5.44. The Labute approximate surface area is 129 Å². The summed E-state index contributed by atoms with van der Waals surface area (Å²) in [5, 5.41) is 3.62. The predicted molar refractivity (Wildman–Crippen MR) is 87.2 cm³/mol. The van der Waals surface area contributed by atoms with Crippen LogP contribution in [-0.2, 0) is 0 Å². The van der Waals surface area contributed by atoms with Crippen LogP contribution in [0.25, 0.3) is 0 Å². The average Bonchev–Trinajstić information content (AvgIpc) is 2.52. The van der Waals surface area contributed by atoms with Gasteiger partial charge in [-0.3, -0.25) is 0 Å². The summed E-state index contributed by atoms with van der Waals surface area (Å²) >= 11 is 0. The molecular weight excluding hydrogens is 262 g/mol. The van der Waals surface area contributed by atoms with Gasteiger partial charge in [0.1, 0.15) is 17.1 Å². The lowest BCUT2D eigenvalue weighted by Gasteiger charge is -2.42. The smallest absolute Gasteiger partial charge is 0.128 e. The molecule has 0 aromatic heterocycles. The molecule has 1 aliphatic rings. The number of fused-ring (bicyclic) bond motifs is 1. The molecule has 0 amide bonds. The van der Waals surface area contributed by atoms with Gasteiger partial charge in [-0.05, 0) is 31.9 Å². The van der Waals surface area contributed by atoms with Gasteiger partial charge in [-0.1, -0.05) is 33.3 Å². The van der Waals surface area contributed by atoms with Crippen molar-refractivity contribution in [1.29, 1.82) is 0 Å². The maximum Gasteiger partial charge on any atom is 0.128 e. The van der Waals surface area contributed by atoms with Crippen LogP contribution >= 0.6 is 0 Å². The zero-order valence-corrected chi connectivity index (χ0v) is 13.9. The van der Waals surface area contributed by atoms with E-state index in [-0.39, 0.29) is 5.60 Å². The summed E-state index contributed by atoms with van der Waals surface area (Å²) in [5.74, 6) is 1.86. The summed E-state index contributed by atoms with van der Waals surface area (Å²) in [6.07, 6.45) is 5.65. The minimum atomic E-state index is -0.0395. The summed E-state index contributed by atoms with van der Waals surface area (Å²) in [7, 11) is 1.70. The van der Waals surface area contributed by atoms with E-state index in [2.05, 4.69) is 32.2 Å². The Hall–Kier alpha value is -1.22. The van der Waals surface area contributed by atoms with Crippen LogP contribution in [0, 0.1) is 0 Å². The molecule has 1 aliphatic heterocycles. The van der Waals surface area contributed by atoms with Gasteiger partial charge < -0.3 is 14.8 Å². The van der Waals surface area contributed by atoms with Gasteiger partial charge in [0.25, 0.3) is 0 Å². The van der Waals surface area contributed by atoms with E-state index in [4.69, 9.17) is 9.47 Å². The monoisotopic (exact) mass is 291 g/mol. The second kappa shape index (κ2) is 7.17. The molecule has 2 atom stereocenters. The van der Waals surface area contributed by atoms with E-state index in [0.29, 0.717) is 6.04 Å². The molecule has 21 heavy (non-hydrogen) atoms. The number of benzene rings is 1. The van der Waals surface area contributed by atoms with Crippen LogP contribution in [0.3, 0.4) is 0 Å². The van der Waals surface area contributed by atoms with Crippen LogP contribution in [0.1, 0.15) is 64.5 Å². The largest absolute Gasteiger partial charge is 0.497 e. The van der Waals surface area contributed by atoms with E-state index in [1.165, 1.54) is 18.4 Å². The number of hydrogen-bond acceptors (Lipinski definition) is 3. The van der Waals surface area contributed by atoms with Crippen LogP contribution in [0.5, 0.6) is 11.5 Å². The molecule has 0 saturated carbocycles. The molecule has 3 nitrogen and oxygen atoms in total. The summed E-state index contributed by atoms with van der Waals surface area (Å²) < 4.78 is 11.8. The molecule has 0 aliphatic carbocycles. The number of rotatable bonds is 7. The van der Waals surface area contributed by atoms with Crippen molar-refractivity contribution in [3.63, 3.8) is 0 Å². The molecule has 1 aromatic carbocycles. The van der Waals surface area contributed by atoms with E-state index in [0.717, 1.165) is 37.3 Å². The minimum absolute atomic E-state index is 0.0395. The topological polar surface area (TPSA) is 30.5 Å². The van der Waals surface area contributed by atoms with Crippen LogP contribution in [-0.4, -0.2) is 19.3 Å². The number of nitrogens with one attached hydrogen (secondary N) is 1. The van der Waals surface area contributed by atoms with Gasteiger partial charge in [0.15, 0.2) is 0 Å². The first-order valence-corrected chi connectivity index (χ1v) is 8.28. The van der Waals surface area contributed by atoms with Crippen LogP contribution in [0.15, 0.2) is 18.2 Å². The zero-order chi connectivity index (χ0) is 15.3. The quantitative estimate of drug-likeness (QED) is 0.804. The maximum atomic E-state index is 6.47. The minimum Gasteiger partial charge on any atom is -0.497 e. The molecule has 1 aromatic rings. The van der Waals surface area contributed by atoms with Crippen molar-refractivity contribution < 1.29 is 9.47 Å². The number of ether oxygens (including phenoxy) is 2. The first-order chi connectivity index (χ1) is 10.2. The van der Waals surface area contributed by atoms with Gasteiger partial charge in [0.2, 0.25) is 0 Å². The predicted octanol–water partition coefficient (Wildman–Crippen LogP) is 4.47. The van der Waals surface area contributed by atoms with Gasteiger partial charge in [-0.15, -0.1) is 0 Å². The van der Waals surface area contributed by atoms with E-state index in [9.17, 15) is 0 Å². The van der Waals surface area contributed by atoms with Crippen molar-refractivity contribution in [2.24, 2.45) is 0 Å². The summed E-state index contributed by atoms with van der Waals surface area (Å²) in [6.45, 7) is 7.62. The van der Waals surface area contributed by atoms with Crippen LogP contribution < -0.4 is 14.8 Å². The first-order valence-electron chi connectivity index (χ1n) is 8.28. The molecule has 0 saturated heterocycles. The average molecular weight is 291 g/mol. The van der Waals surface area contributed by atoms with Crippen LogP contribution in [0.2, 0.25) is 0 Å². The van der Waals surface area contributed by atoms with Gasteiger partial charge in [0, 0.05) is 24.1 Å². The highest BCUT2D eigenvalue weighted by Crippen LogP contribution is 2.44. The fourth-order valence-corrected chi connectivity index (χ4v) is 3.25. The second-order valence-corrected chi connectivity index (χ2v) is 5.96. The molecule has 2 rings (SSSR count). The normalized spacial score (nSPS) is 24.3. The molecule has 0 radical (unpaired) electrons. The Balaban J connectivity index is 2.33. The van der Waals surface area contributed by atoms with Gasteiger partial charge in [-0.2, -0.15) is 0 Å². The zero-order valence-electron chi connectivity index (χ0n) is 13.9. The number of hydrogen-bond donors (Lipinski definition) is 1. The Kier molecular flexibility index (Phi) is 5.51. The first kappa shape index (κ1) is 16.2. The van der Waals surface area contributed by atoms with Crippen molar-refractivity contribution in [1.82, 2.24) is 5.32 Å². The Bertz CT molecular complexity index is 461. The lowest BCUT2D eigenvalue weighted by atomic mass is 9.82. The summed E-state index contributed by atoms with van der Waals surface area (Å²) in [4.78, 5) is 0. The Morgan fingerprint density at radius 2 is 2.14 bits per heavy atom. The highest BCUT2D eigenvalue weighted by atomic mass is 16.5. The Morgan fingerprint density at radius 1 is 1.33 bits per heavy atom. The van der Waals surface area contributed by atoms with Crippen molar-refractivity contribution in [2.75, 3.05) is 13.7 Å². The third-order valence-electron chi connectivity index (χ3n) is 4.58. The van der Waals surface area contributed by atoms with E-state index < -0.39 is 0 Å². The fourth-order valence-electron chi connectivity index (χ4n) is 3.25. The standard InChI is InChI=1S/C18H29NO2/c1-5-8-11-18(6-2)13-16(19-7-3)15-10-9-14(20-4)12-17(15)21-18/h9-10,12,16,19H,5-8,11,13H2,1-4H3. The lowest BCUT2D eigenvalue weighted by Crippen LogP contribution is -2.43. The molecular formula is C18H29NO2. The second-order valence-electron chi connectivity index (χ2n) is 5.96. The molecule has 0 bridgehead atoms. The molecule has 3 heteroatoms. The maximum absolute atomic E-state index is 6.47. The third-order valence-corrected chi connectivity index (χ3v) is 4.58. The number of methoxy groups -OCH3 is 1. The van der Waals surface area contributed by atoms with E-state index >= 15 is 0 Å². The summed E-state index contributed by atoms with van der Waals surface area (Å²) in [6, 6.07) is 6.58. The number of unbranched alkanes of at least 4 members (excludes halogenated alkanes) is 1. The van der Waals surface area contributed by atoms with Crippen molar-refractivity contribution in [3.8, 4) is 11.5 Å². The van der Waals surface area contributed by atoms with Crippen molar-refractivity contribution >= 4 is 0 Å². The van der Waals surface area contributed by atoms with Crippen LogP contribution in [0.4, 0.5) is 0 Å². The summed E-state index contributed by atoms with van der Waals surface area (Å²) in [5.41, 5.74) is 1.22. The van der Waals surface area contributed by atoms with Gasteiger partial charge in [0.05, 0.1) is 7.11 Å². The third kappa shape index (κ3) is 3.52. The van der Waals surface area contributed by atoms with E-state index in [1.54, 1.807) is 7.11 Å². The van der Waals surface area contributed by atoms with Crippen molar-refractivity contribution in [3.05, 3.63) is 23.8 Å². The SMILES string of the molecule is CCCCC1(CC)CC(NCC)c2ccc(OC)cc2O1. The highest BCUT2D eigenvalue weighted by Gasteiger charge is 2.39. The molecule has 0 spiro atoms. The molecule has 2 unspecified atom stereocenters. The molecule has 1 N–H and O–H groups in total. The lowest BCUT2D eigenvalue weighted by molar-refractivity contribution is 0.0166. The molecule has 1 heterocycles.